The van der Waals surface area contributed by atoms with Crippen LogP contribution in [0.25, 0.3) is 22.1 Å². The minimum atomic E-state index is -0.674. The van der Waals surface area contributed by atoms with Crippen molar-refractivity contribution in [2.75, 3.05) is 68.1 Å². The third-order valence-electron chi connectivity index (χ3n) is 11.6. The predicted molar refractivity (Wildman–Crippen MR) is 238 cm³/mol. The maximum absolute atomic E-state index is 13.9. The first kappa shape index (κ1) is 42.4. The van der Waals surface area contributed by atoms with Crippen molar-refractivity contribution in [3.05, 3.63) is 76.4 Å². The number of methoxy groups -OCH3 is 1. The maximum Gasteiger partial charge on any atom is 0.278 e. The van der Waals surface area contributed by atoms with Gasteiger partial charge in [-0.15, -0.1) is 0 Å². The number of hydrogen-bond acceptors (Lipinski definition) is 13. The number of imidazole rings is 2. The van der Waals surface area contributed by atoms with E-state index in [0.29, 0.717) is 75.6 Å². The van der Waals surface area contributed by atoms with Crippen LogP contribution in [-0.2, 0) is 26.2 Å². The van der Waals surface area contributed by atoms with Crippen LogP contribution >= 0.6 is 0 Å². The number of carbonyl (C=O) groups is 4. The quantitative estimate of drug-likeness (QED) is 0.0650. The SMILES string of the molecule is CCn1nc(C)cc1C(=O)Nc1nc2cc(C(N)=O)cc(NCCN3CC4(CNC4)C3)c2n1C/C=C/Cn1c(NC(=O)c2c(N)c(C)nn2CC)nc2cc(C(N)=O)cc(OC)c21. The van der Waals surface area contributed by atoms with Gasteiger partial charge in [-0.2, -0.15) is 10.2 Å². The molecule has 2 aromatic carbocycles. The third kappa shape index (κ3) is 8.03. The molecule has 0 atom stereocenters. The molecule has 6 heterocycles. The van der Waals surface area contributed by atoms with Gasteiger partial charge in [0.05, 0.1) is 46.4 Å². The van der Waals surface area contributed by atoms with Gasteiger partial charge in [0.2, 0.25) is 23.7 Å². The van der Waals surface area contributed by atoms with Crippen LogP contribution in [0.15, 0.2) is 42.5 Å². The van der Waals surface area contributed by atoms with E-state index in [9.17, 15) is 19.2 Å². The number of nitrogen functional groups attached to an aromatic ring is 1. The van der Waals surface area contributed by atoms with E-state index >= 15 is 0 Å². The highest BCUT2D eigenvalue weighted by Gasteiger charge is 2.46. The lowest BCUT2D eigenvalue weighted by Gasteiger charge is -2.56. The lowest BCUT2D eigenvalue weighted by molar-refractivity contribution is -0.0364. The van der Waals surface area contributed by atoms with Crippen molar-refractivity contribution in [2.24, 2.45) is 16.9 Å². The Morgan fingerprint density at radius 3 is 2.02 bits per heavy atom. The van der Waals surface area contributed by atoms with Gasteiger partial charge in [-0.05, 0) is 58.0 Å². The fraction of sp³-hybridized carbons (Fsp3) is 0.381. The van der Waals surface area contributed by atoms with Crippen LogP contribution in [0.4, 0.5) is 23.3 Å². The van der Waals surface area contributed by atoms with Crippen molar-refractivity contribution in [2.45, 2.75) is 53.9 Å². The Balaban J connectivity index is 1.15. The van der Waals surface area contributed by atoms with Crippen LogP contribution in [0.2, 0.25) is 0 Å². The predicted octanol–water partition coefficient (Wildman–Crippen LogP) is 2.30. The molecule has 1 spiro atoms. The summed E-state index contributed by atoms with van der Waals surface area (Å²) in [6.45, 7) is 14.0. The van der Waals surface area contributed by atoms with E-state index in [4.69, 9.17) is 31.9 Å². The molecule has 10 N–H and O–H groups in total. The Morgan fingerprint density at radius 2 is 1.43 bits per heavy atom. The number of anilines is 4. The van der Waals surface area contributed by atoms with E-state index in [1.807, 2.05) is 37.5 Å². The molecule has 21 nitrogen and oxygen atoms in total. The standard InChI is InChI=1S/C42H52N16O5/c1-6-57-30(14-23(3)52-57)38(61)50-40-48-28-16-25(36(44)59)15-27(47-10-13-54-21-42(22-54)19-46-20-42)33(28)55(40)11-8-9-12-56-34-29(17-26(37(45)60)18-31(34)63-5)49-41(56)51-39(62)35-32(43)24(4)53-58(35)7-2/h8-9,14-18,46-47H,6-7,10-13,19-22,43H2,1-5H3,(H2,44,59)(H2,45,60)(H,48,50,61)(H,49,51,62)/b9-8+. The molecule has 6 aromatic rings. The second-order valence-corrected chi connectivity index (χ2v) is 16.0. The largest absolute Gasteiger partial charge is 0.494 e. The Bertz CT molecular complexity index is 2820. The number of amides is 4. The highest BCUT2D eigenvalue weighted by Crippen LogP contribution is 2.35. The lowest BCUT2D eigenvalue weighted by atomic mass is 9.74. The molecule has 0 aliphatic carbocycles. The number of benzene rings is 2. The van der Waals surface area contributed by atoms with E-state index in [1.165, 1.54) is 23.9 Å². The smallest absolute Gasteiger partial charge is 0.278 e. The molecule has 0 radical (unpaired) electrons. The molecule has 0 saturated carbocycles. The summed E-state index contributed by atoms with van der Waals surface area (Å²) in [5.74, 6) is -1.54. The van der Waals surface area contributed by atoms with Gasteiger partial charge < -0.3 is 46.6 Å². The van der Waals surface area contributed by atoms with Gasteiger partial charge in [0.15, 0.2) is 0 Å². The number of nitrogens with two attached hydrogens (primary N) is 3. The van der Waals surface area contributed by atoms with Crippen molar-refractivity contribution < 1.29 is 23.9 Å². The number of likely N-dealkylation sites (tertiary alicyclic amines) is 1. The van der Waals surface area contributed by atoms with Gasteiger partial charge in [0, 0.05) is 82.0 Å². The molecule has 21 heteroatoms. The number of ether oxygens (including phenoxy) is 1. The second-order valence-electron chi connectivity index (χ2n) is 16.0. The zero-order chi connectivity index (χ0) is 44.7. The summed E-state index contributed by atoms with van der Waals surface area (Å²) < 4.78 is 12.4. The number of fused-ring (bicyclic) bond motifs is 2. The summed E-state index contributed by atoms with van der Waals surface area (Å²) in [7, 11) is 1.46. The number of hydrogen-bond donors (Lipinski definition) is 7. The first-order chi connectivity index (χ1) is 30.2. The van der Waals surface area contributed by atoms with E-state index in [-0.39, 0.29) is 47.5 Å². The molecule has 2 fully saturated rings. The van der Waals surface area contributed by atoms with E-state index in [0.717, 1.165) is 32.7 Å². The van der Waals surface area contributed by atoms with Gasteiger partial charge in [-0.3, -0.25) is 39.2 Å². The minimum Gasteiger partial charge on any atom is -0.494 e. The number of rotatable bonds is 17. The van der Waals surface area contributed by atoms with E-state index in [2.05, 4.69) is 36.4 Å². The molecule has 63 heavy (non-hydrogen) atoms. The van der Waals surface area contributed by atoms with Gasteiger partial charge in [-0.1, -0.05) is 12.2 Å². The number of primary amides is 2. The molecule has 0 bridgehead atoms. The maximum atomic E-state index is 13.9. The topological polar surface area (TPSA) is 278 Å². The van der Waals surface area contributed by atoms with Crippen molar-refractivity contribution in [3.63, 3.8) is 0 Å². The Hall–Kier alpha value is -7.26. The number of allylic oxidation sites excluding steroid dienone is 2. The second kappa shape index (κ2) is 16.9. The van der Waals surface area contributed by atoms with Gasteiger partial charge in [0.1, 0.15) is 22.7 Å². The number of nitrogens with one attached hydrogen (secondary N) is 4. The van der Waals surface area contributed by atoms with Crippen molar-refractivity contribution in [1.82, 2.24) is 48.9 Å². The first-order valence-corrected chi connectivity index (χ1v) is 20.8. The van der Waals surface area contributed by atoms with Crippen LogP contribution in [0.1, 0.15) is 66.9 Å². The van der Waals surface area contributed by atoms with Crippen LogP contribution in [0.3, 0.4) is 0 Å². The molecular formula is C42H52N16O5. The monoisotopic (exact) mass is 860 g/mol. The number of carbonyl (C=O) groups excluding carboxylic acids is 4. The highest BCUT2D eigenvalue weighted by molar-refractivity contribution is 6.08. The molecule has 2 aliphatic heterocycles. The summed E-state index contributed by atoms with van der Waals surface area (Å²) in [5.41, 5.74) is 23.1. The summed E-state index contributed by atoms with van der Waals surface area (Å²) in [5, 5.41) is 21.6. The normalized spacial score (nSPS) is 14.6. The molecule has 2 aliphatic rings. The molecule has 0 unspecified atom stereocenters. The van der Waals surface area contributed by atoms with Crippen LogP contribution in [-0.4, -0.2) is 114 Å². The third-order valence-corrected chi connectivity index (χ3v) is 11.6. The number of aryl methyl sites for hydroxylation is 4. The summed E-state index contributed by atoms with van der Waals surface area (Å²) >= 11 is 0. The summed E-state index contributed by atoms with van der Waals surface area (Å²) in [6, 6.07) is 8.08. The fourth-order valence-electron chi connectivity index (χ4n) is 8.45. The Kier molecular flexibility index (Phi) is 11.4. The summed E-state index contributed by atoms with van der Waals surface area (Å²) in [6.07, 6.45) is 3.74. The van der Waals surface area contributed by atoms with Gasteiger partial charge in [0.25, 0.3) is 11.8 Å². The molecule has 4 aromatic heterocycles. The number of aromatic nitrogens is 8. The van der Waals surface area contributed by atoms with Gasteiger partial charge in [-0.25, -0.2) is 9.97 Å². The van der Waals surface area contributed by atoms with Crippen molar-refractivity contribution in [3.8, 4) is 5.75 Å². The molecule has 330 valence electrons. The molecular weight excluding hydrogens is 809 g/mol. The van der Waals surface area contributed by atoms with Crippen molar-refractivity contribution >= 4 is 69.0 Å². The average molecular weight is 861 g/mol. The fourth-order valence-corrected chi connectivity index (χ4v) is 8.45. The highest BCUT2D eigenvalue weighted by atomic mass is 16.5. The van der Waals surface area contributed by atoms with Crippen LogP contribution < -0.4 is 43.2 Å². The summed E-state index contributed by atoms with van der Waals surface area (Å²) in [4.78, 5) is 64.5. The molecule has 2 saturated heterocycles. The van der Waals surface area contributed by atoms with Crippen molar-refractivity contribution in [1.29, 1.82) is 0 Å². The Morgan fingerprint density at radius 1 is 0.825 bits per heavy atom. The van der Waals surface area contributed by atoms with E-state index in [1.54, 1.807) is 34.4 Å². The van der Waals surface area contributed by atoms with Gasteiger partial charge >= 0.3 is 0 Å². The zero-order valence-corrected chi connectivity index (χ0v) is 35.9. The average Bonchev–Trinajstić information content (AvgIpc) is 3.96. The number of nitrogens with zero attached hydrogens (tertiary/aromatic N) is 9. The Labute approximate surface area is 362 Å². The first-order valence-electron chi connectivity index (χ1n) is 20.8. The van der Waals surface area contributed by atoms with E-state index < -0.39 is 23.6 Å². The van der Waals surface area contributed by atoms with Crippen LogP contribution in [0, 0.1) is 19.3 Å². The van der Waals surface area contributed by atoms with Crippen LogP contribution in [0.5, 0.6) is 5.75 Å². The molecule has 4 amide bonds. The minimum absolute atomic E-state index is 0.150. The lowest BCUT2D eigenvalue weighted by Crippen LogP contribution is -2.71. The zero-order valence-electron chi connectivity index (χ0n) is 35.9. The molecule has 8 rings (SSSR count).